The molecule has 2 aliphatic rings. The molecule has 2 atom stereocenters. The first kappa shape index (κ1) is 15.5. The molecule has 7 heteroatoms. The molecule has 2 fully saturated rings. The molecule has 2 N–H and O–H groups in total. The lowest BCUT2D eigenvalue weighted by Gasteiger charge is -2.43. The minimum atomic E-state index is -1.15. The molecule has 116 valence electrons. The Kier molecular flexibility index (Phi) is 4.02. The SMILES string of the molecule is CC1(C)C(=O)NC(=O)CN1C(=O)C1CCCCC1C(=O)O. The molecule has 1 aliphatic carbocycles. The van der Waals surface area contributed by atoms with E-state index in [0.717, 1.165) is 12.8 Å². The largest absolute Gasteiger partial charge is 0.481 e. The Morgan fingerprint density at radius 2 is 1.76 bits per heavy atom. The minimum Gasteiger partial charge on any atom is -0.481 e. The van der Waals surface area contributed by atoms with Gasteiger partial charge in [0.1, 0.15) is 12.1 Å². The zero-order chi connectivity index (χ0) is 15.8. The third-order valence-electron chi connectivity index (χ3n) is 4.45. The summed E-state index contributed by atoms with van der Waals surface area (Å²) < 4.78 is 0. The van der Waals surface area contributed by atoms with Gasteiger partial charge in [0.25, 0.3) is 5.91 Å². The van der Waals surface area contributed by atoms with E-state index in [1.807, 2.05) is 0 Å². The van der Waals surface area contributed by atoms with Crippen LogP contribution in [0, 0.1) is 11.8 Å². The molecule has 1 saturated heterocycles. The number of piperazine rings is 1. The monoisotopic (exact) mass is 296 g/mol. The van der Waals surface area contributed by atoms with Gasteiger partial charge in [-0.15, -0.1) is 0 Å². The molecule has 0 radical (unpaired) electrons. The number of carbonyl (C=O) groups excluding carboxylic acids is 3. The van der Waals surface area contributed by atoms with Crippen LogP contribution in [0.3, 0.4) is 0 Å². The number of rotatable bonds is 2. The molecule has 1 aliphatic heterocycles. The fourth-order valence-corrected chi connectivity index (χ4v) is 3.06. The van der Waals surface area contributed by atoms with E-state index in [4.69, 9.17) is 0 Å². The lowest BCUT2D eigenvalue weighted by atomic mass is 9.77. The van der Waals surface area contributed by atoms with E-state index in [1.165, 1.54) is 4.90 Å². The highest BCUT2D eigenvalue weighted by atomic mass is 16.4. The Bertz CT molecular complexity index is 500. The van der Waals surface area contributed by atoms with E-state index in [0.29, 0.717) is 12.8 Å². The second-order valence-electron chi connectivity index (χ2n) is 6.20. The zero-order valence-corrected chi connectivity index (χ0v) is 12.2. The van der Waals surface area contributed by atoms with Gasteiger partial charge >= 0.3 is 5.97 Å². The summed E-state index contributed by atoms with van der Waals surface area (Å²) in [5.74, 6) is -3.85. The van der Waals surface area contributed by atoms with E-state index in [-0.39, 0.29) is 6.54 Å². The van der Waals surface area contributed by atoms with Crippen LogP contribution in [0.25, 0.3) is 0 Å². The van der Waals surface area contributed by atoms with E-state index < -0.39 is 41.1 Å². The number of amides is 3. The van der Waals surface area contributed by atoms with E-state index in [9.17, 15) is 24.3 Å². The van der Waals surface area contributed by atoms with Crippen molar-refractivity contribution in [2.75, 3.05) is 6.54 Å². The van der Waals surface area contributed by atoms with Gasteiger partial charge in [-0.3, -0.25) is 24.5 Å². The zero-order valence-electron chi connectivity index (χ0n) is 12.2. The Morgan fingerprint density at radius 3 is 2.33 bits per heavy atom. The second kappa shape index (κ2) is 5.46. The second-order valence-corrected chi connectivity index (χ2v) is 6.20. The van der Waals surface area contributed by atoms with E-state index >= 15 is 0 Å². The summed E-state index contributed by atoms with van der Waals surface area (Å²) in [4.78, 5) is 48.7. The van der Waals surface area contributed by atoms with Crippen LogP contribution in [0.1, 0.15) is 39.5 Å². The van der Waals surface area contributed by atoms with Crippen molar-refractivity contribution in [2.45, 2.75) is 45.1 Å². The molecular weight excluding hydrogens is 276 g/mol. The molecule has 1 heterocycles. The maximum absolute atomic E-state index is 12.7. The van der Waals surface area contributed by atoms with Crippen molar-refractivity contribution in [2.24, 2.45) is 11.8 Å². The van der Waals surface area contributed by atoms with Gasteiger partial charge in [-0.25, -0.2) is 0 Å². The Balaban J connectivity index is 2.26. The molecule has 0 aromatic carbocycles. The highest BCUT2D eigenvalue weighted by molar-refractivity contribution is 6.06. The number of imide groups is 1. The van der Waals surface area contributed by atoms with Crippen LogP contribution in [0.15, 0.2) is 0 Å². The number of carbonyl (C=O) groups is 4. The van der Waals surface area contributed by atoms with Crippen molar-refractivity contribution >= 4 is 23.7 Å². The molecule has 0 aromatic rings. The first-order chi connectivity index (χ1) is 9.75. The van der Waals surface area contributed by atoms with Crippen molar-refractivity contribution in [1.29, 1.82) is 0 Å². The minimum absolute atomic E-state index is 0.208. The molecule has 2 unspecified atom stereocenters. The van der Waals surface area contributed by atoms with Gasteiger partial charge in [-0.05, 0) is 26.7 Å². The first-order valence-corrected chi connectivity index (χ1v) is 7.13. The van der Waals surface area contributed by atoms with Crippen LogP contribution in [-0.2, 0) is 19.2 Å². The number of carboxylic acids is 1. The average molecular weight is 296 g/mol. The van der Waals surface area contributed by atoms with E-state index in [1.54, 1.807) is 13.8 Å². The van der Waals surface area contributed by atoms with Gasteiger partial charge in [0.15, 0.2) is 0 Å². The predicted octanol–water partition coefficient (Wildman–Crippen LogP) is 0.141. The Hall–Kier alpha value is -1.92. The van der Waals surface area contributed by atoms with Crippen LogP contribution in [0.5, 0.6) is 0 Å². The highest BCUT2D eigenvalue weighted by Crippen LogP contribution is 2.33. The highest BCUT2D eigenvalue weighted by Gasteiger charge is 2.47. The van der Waals surface area contributed by atoms with E-state index in [2.05, 4.69) is 5.32 Å². The van der Waals surface area contributed by atoms with Gasteiger partial charge in [0.2, 0.25) is 11.8 Å². The number of hydrogen-bond donors (Lipinski definition) is 2. The van der Waals surface area contributed by atoms with Crippen LogP contribution in [-0.4, -0.2) is 45.8 Å². The summed E-state index contributed by atoms with van der Waals surface area (Å²) in [5.41, 5.74) is -1.15. The van der Waals surface area contributed by atoms with Crippen molar-refractivity contribution < 1.29 is 24.3 Å². The Labute approximate surface area is 122 Å². The van der Waals surface area contributed by atoms with Crippen LogP contribution < -0.4 is 5.32 Å². The topological polar surface area (TPSA) is 104 Å². The predicted molar refractivity (Wildman–Crippen MR) is 72.0 cm³/mol. The smallest absolute Gasteiger partial charge is 0.307 e. The molecule has 21 heavy (non-hydrogen) atoms. The number of hydrogen-bond acceptors (Lipinski definition) is 4. The summed E-state index contributed by atoms with van der Waals surface area (Å²) >= 11 is 0. The molecular formula is C14H20N2O5. The summed E-state index contributed by atoms with van der Waals surface area (Å²) in [5, 5.41) is 11.5. The summed E-state index contributed by atoms with van der Waals surface area (Å²) in [6, 6.07) is 0. The summed E-state index contributed by atoms with van der Waals surface area (Å²) in [6.45, 7) is 2.91. The summed E-state index contributed by atoms with van der Waals surface area (Å²) in [7, 11) is 0. The van der Waals surface area contributed by atoms with Gasteiger partial charge < -0.3 is 10.0 Å². The van der Waals surface area contributed by atoms with Gasteiger partial charge in [-0.1, -0.05) is 12.8 Å². The quantitative estimate of drug-likeness (QED) is 0.705. The third-order valence-corrected chi connectivity index (χ3v) is 4.45. The standard InChI is InChI=1S/C14H20N2O5/c1-14(2)13(21)15-10(17)7-16(14)11(18)8-5-3-4-6-9(8)12(19)20/h8-9H,3-7H2,1-2H3,(H,19,20)(H,15,17,21). The molecule has 3 amide bonds. The molecule has 1 saturated carbocycles. The molecule has 0 aromatic heterocycles. The summed E-state index contributed by atoms with van der Waals surface area (Å²) in [6.07, 6.45) is 2.51. The molecule has 0 bridgehead atoms. The molecule has 0 spiro atoms. The van der Waals surface area contributed by atoms with Gasteiger partial charge in [0.05, 0.1) is 11.8 Å². The lowest BCUT2D eigenvalue weighted by Crippen LogP contribution is -2.66. The maximum atomic E-state index is 12.7. The number of carboxylic acid groups (broad SMARTS) is 1. The third kappa shape index (κ3) is 2.77. The van der Waals surface area contributed by atoms with Crippen molar-refractivity contribution in [1.82, 2.24) is 10.2 Å². The number of aliphatic carboxylic acids is 1. The van der Waals surface area contributed by atoms with Crippen LogP contribution in [0.4, 0.5) is 0 Å². The Morgan fingerprint density at radius 1 is 1.19 bits per heavy atom. The number of nitrogens with one attached hydrogen (secondary N) is 1. The lowest BCUT2D eigenvalue weighted by molar-refractivity contribution is -0.162. The first-order valence-electron chi connectivity index (χ1n) is 7.13. The molecule has 2 rings (SSSR count). The number of nitrogens with zero attached hydrogens (tertiary/aromatic N) is 1. The maximum Gasteiger partial charge on any atom is 0.307 e. The molecule has 7 nitrogen and oxygen atoms in total. The normalized spacial score (nSPS) is 29.0. The average Bonchev–Trinajstić information content (AvgIpc) is 2.42. The van der Waals surface area contributed by atoms with Crippen molar-refractivity contribution in [3.05, 3.63) is 0 Å². The fourth-order valence-electron chi connectivity index (χ4n) is 3.06. The van der Waals surface area contributed by atoms with Crippen LogP contribution >= 0.6 is 0 Å². The van der Waals surface area contributed by atoms with Crippen molar-refractivity contribution in [3.8, 4) is 0 Å². The van der Waals surface area contributed by atoms with Crippen molar-refractivity contribution in [3.63, 3.8) is 0 Å². The fraction of sp³-hybridized carbons (Fsp3) is 0.714. The van der Waals surface area contributed by atoms with Gasteiger partial charge in [-0.2, -0.15) is 0 Å². The van der Waals surface area contributed by atoms with Crippen LogP contribution in [0.2, 0.25) is 0 Å². The van der Waals surface area contributed by atoms with Gasteiger partial charge in [0, 0.05) is 0 Å².